The monoisotopic (exact) mass is 229 g/mol. The van der Waals surface area contributed by atoms with E-state index in [2.05, 4.69) is 4.98 Å². The SMILES string of the molecule is O=c1[nH]c(=O)c2ccc3ccccc3c2s1. The molecule has 0 saturated heterocycles. The molecule has 16 heavy (non-hydrogen) atoms. The summed E-state index contributed by atoms with van der Waals surface area (Å²) in [7, 11) is 0. The van der Waals surface area contributed by atoms with Crippen molar-refractivity contribution in [1.29, 1.82) is 0 Å². The summed E-state index contributed by atoms with van der Waals surface area (Å²) in [5.41, 5.74) is -0.315. The Bertz CT molecular complexity index is 801. The molecule has 0 aliphatic heterocycles. The molecule has 2 aromatic carbocycles. The Morgan fingerprint density at radius 1 is 0.938 bits per heavy atom. The van der Waals surface area contributed by atoms with Crippen LogP contribution in [-0.4, -0.2) is 4.98 Å². The molecule has 4 heteroatoms. The Morgan fingerprint density at radius 3 is 2.62 bits per heavy atom. The van der Waals surface area contributed by atoms with Crippen LogP contribution in [0.2, 0.25) is 0 Å². The molecule has 0 amide bonds. The van der Waals surface area contributed by atoms with Gasteiger partial charge in [-0.2, -0.15) is 0 Å². The maximum Gasteiger partial charge on any atom is 0.307 e. The quantitative estimate of drug-likeness (QED) is 0.600. The highest BCUT2D eigenvalue weighted by Crippen LogP contribution is 2.24. The molecule has 0 atom stereocenters. The number of hydrogen-bond donors (Lipinski definition) is 1. The van der Waals surface area contributed by atoms with Gasteiger partial charge in [-0.1, -0.05) is 41.7 Å². The molecule has 0 fully saturated rings. The van der Waals surface area contributed by atoms with Crippen molar-refractivity contribution in [2.75, 3.05) is 0 Å². The van der Waals surface area contributed by atoms with Crippen LogP contribution >= 0.6 is 11.3 Å². The van der Waals surface area contributed by atoms with Crippen LogP contribution in [0.25, 0.3) is 20.9 Å². The van der Waals surface area contributed by atoms with Gasteiger partial charge in [0.05, 0.1) is 10.1 Å². The summed E-state index contributed by atoms with van der Waals surface area (Å²) in [6.45, 7) is 0. The predicted octanol–water partition coefficient (Wildman–Crippen LogP) is 2.10. The third kappa shape index (κ3) is 1.27. The molecule has 0 bridgehead atoms. The number of hydrogen-bond acceptors (Lipinski definition) is 3. The zero-order chi connectivity index (χ0) is 11.1. The van der Waals surface area contributed by atoms with Gasteiger partial charge in [0.2, 0.25) is 0 Å². The van der Waals surface area contributed by atoms with Crippen LogP contribution in [0.1, 0.15) is 0 Å². The smallest absolute Gasteiger partial charge is 0.280 e. The van der Waals surface area contributed by atoms with Crippen LogP contribution in [0.5, 0.6) is 0 Å². The molecule has 1 N–H and O–H groups in total. The zero-order valence-electron chi connectivity index (χ0n) is 8.19. The summed E-state index contributed by atoms with van der Waals surface area (Å²) in [5, 5.41) is 2.56. The number of rotatable bonds is 0. The standard InChI is InChI=1S/C12H7NO2S/c14-11-9-6-5-7-3-1-2-4-8(7)10(9)16-12(15)13-11/h1-6H,(H,13,14,15). The predicted molar refractivity (Wildman–Crippen MR) is 66.2 cm³/mol. The molecule has 0 radical (unpaired) electrons. The van der Waals surface area contributed by atoms with E-state index in [4.69, 9.17) is 0 Å². The number of H-pyrrole nitrogens is 1. The van der Waals surface area contributed by atoms with Gasteiger partial charge in [0.15, 0.2) is 0 Å². The average molecular weight is 229 g/mol. The minimum Gasteiger partial charge on any atom is -0.280 e. The van der Waals surface area contributed by atoms with E-state index in [0.717, 1.165) is 26.8 Å². The Balaban J connectivity index is 2.70. The van der Waals surface area contributed by atoms with Crippen molar-refractivity contribution in [1.82, 2.24) is 4.98 Å². The highest BCUT2D eigenvalue weighted by Gasteiger charge is 2.04. The topological polar surface area (TPSA) is 49.9 Å². The van der Waals surface area contributed by atoms with Crippen molar-refractivity contribution in [3.8, 4) is 0 Å². The highest BCUT2D eigenvalue weighted by molar-refractivity contribution is 7.17. The van der Waals surface area contributed by atoms with Crippen molar-refractivity contribution >= 4 is 32.2 Å². The number of fused-ring (bicyclic) bond motifs is 3. The van der Waals surface area contributed by atoms with Crippen molar-refractivity contribution in [3.63, 3.8) is 0 Å². The van der Waals surface area contributed by atoms with Gasteiger partial charge in [0.1, 0.15) is 0 Å². The van der Waals surface area contributed by atoms with E-state index in [0.29, 0.717) is 5.39 Å². The van der Waals surface area contributed by atoms with Gasteiger partial charge in [-0.05, 0) is 16.8 Å². The Hall–Kier alpha value is -1.94. The van der Waals surface area contributed by atoms with E-state index >= 15 is 0 Å². The lowest BCUT2D eigenvalue weighted by Crippen LogP contribution is -2.15. The first-order chi connectivity index (χ1) is 7.75. The van der Waals surface area contributed by atoms with Gasteiger partial charge < -0.3 is 0 Å². The first kappa shape index (κ1) is 9.30. The molecule has 3 rings (SSSR count). The minimum absolute atomic E-state index is 0.311. The van der Waals surface area contributed by atoms with E-state index < -0.39 is 0 Å². The van der Waals surface area contributed by atoms with Crippen molar-refractivity contribution in [2.45, 2.75) is 0 Å². The second-order valence-corrected chi connectivity index (χ2v) is 4.49. The summed E-state index contributed by atoms with van der Waals surface area (Å²) in [5.74, 6) is 0. The van der Waals surface area contributed by atoms with Gasteiger partial charge in [-0.25, -0.2) is 0 Å². The normalized spacial score (nSPS) is 11.0. The first-order valence-electron chi connectivity index (χ1n) is 4.80. The minimum atomic E-state index is -0.315. The molecule has 3 nitrogen and oxygen atoms in total. The van der Waals surface area contributed by atoms with Crippen molar-refractivity contribution in [3.05, 3.63) is 56.4 Å². The summed E-state index contributed by atoms with van der Waals surface area (Å²) >= 11 is 1.07. The van der Waals surface area contributed by atoms with Crippen molar-refractivity contribution in [2.24, 2.45) is 0 Å². The molecule has 1 aromatic heterocycles. The second-order valence-electron chi connectivity index (χ2n) is 3.51. The van der Waals surface area contributed by atoms with Gasteiger partial charge in [0.25, 0.3) is 5.56 Å². The Labute approximate surface area is 94.0 Å². The van der Waals surface area contributed by atoms with E-state index in [-0.39, 0.29) is 10.4 Å². The Kier molecular flexibility index (Phi) is 1.91. The molecule has 0 unspecified atom stereocenters. The van der Waals surface area contributed by atoms with Crippen molar-refractivity contribution < 1.29 is 0 Å². The van der Waals surface area contributed by atoms with Crippen LogP contribution < -0.4 is 10.4 Å². The maximum absolute atomic E-state index is 11.6. The van der Waals surface area contributed by atoms with Crippen LogP contribution in [0.3, 0.4) is 0 Å². The highest BCUT2D eigenvalue weighted by atomic mass is 32.1. The fraction of sp³-hybridized carbons (Fsp3) is 0. The van der Waals surface area contributed by atoms with Crippen LogP contribution in [0.15, 0.2) is 46.0 Å². The maximum atomic E-state index is 11.6. The largest absolute Gasteiger partial charge is 0.307 e. The average Bonchev–Trinajstić information content (AvgIpc) is 2.28. The molecular formula is C12H7NO2S. The summed E-state index contributed by atoms with van der Waals surface area (Å²) in [6, 6.07) is 11.4. The lowest BCUT2D eigenvalue weighted by molar-refractivity contribution is 1.25. The fourth-order valence-corrected chi connectivity index (χ4v) is 2.71. The molecule has 0 spiro atoms. The zero-order valence-corrected chi connectivity index (χ0v) is 9.01. The number of benzene rings is 2. The summed E-state index contributed by atoms with van der Waals surface area (Å²) in [6.07, 6.45) is 0. The summed E-state index contributed by atoms with van der Waals surface area (Å²) < 4.78 is 0.756. The molecule has 1 heterocycles. The third-order valence-electron chi connectivity index (χ3n) is 2.53. The van der Waals surface area contributed by atoms with E-state index in [1.165, 1.54) is 0 Å². The van der Waals surface area contributed by atoms with Gasteiger partial charge in [-0.15, -0.1) is 0 Å². The second kappa shape index (κ2) is 3.28. The first-order valence-corrected chi connectivity index (χ1v) is 5.62. The number of nitrogens with one attached hydrogen (secondary N) is 1. The third-order valence-corrected chi connectivity index (χ3v) is 3.47. The molecule has 3 aromatic rings. The lowest BCUT2D eigenvalue weighted by atomic mass is 10.1. The van der Waals surface area contributed by atoms with Crippen LogP contribution in [0, 0.1) is 0 Å². The van der Waals surface area contributed by atoms with E-state index in [1.54, 1.807) is 6.07 Å². The van der Waals surface area contributed by atoms with Gasteiger partial charge >= 0.3 is 4.87 Å². The summed E-state index contributed by atoms with van der Waals surface area (Å²) in [4.78, 5) is 24.9. The molecule has 0 aliphatic rings. The van der Waals surface area contributed by atoms with E-state index in [1.807, 2.05) is 30.3 Å². The number of aromatic nitrogens is 1. The number of aromatic amines is 1. The van der Waals surface area contributed by atoms with Crippen LogP contribution in [0.4, 0.5) is 0 Å². The Morgan fingerprint density at radius 2 is 1.75 bits per heavy atom. The molecule has 78 valence electrons. The molecule has 0 saturated carbocycles. The van der Waals surface area contributed by atoms with E-state index in [9.17, 15) is 9.59 Å². The molecule has 0 aliphatic carbocycles. The van der Waals surface area contributed by atoms with Gasteiger partial charge in [-0.3, -0.25) is 14.6 Å². The molecular weight excluding hydrogens is 222 g/mol. The van der Waals surface area contributed by atoms with Crippen LogP contribution in [-0.2, 0) is 0 Å². The lowest BCUT2D eigenvalue weighted by Gasteiger charge is -2.00. The van der Waals surface area contributed by atoms with Gasteiger partial charge in [0, 0.05) is 0 Å². The fourth-order valence-electron chi connectivity index (χ4n) is 1.81.